The van der Waals surface area contributed by atoms with Crippen molar-refractivity contribution in [2.24, 2.45) is 0 Å². The summed E-state index contributed by atoms with van der Waals surface area (Å²) in [5, 5.41) is 3.93. The quantitative estimate of drug-likeness (QED) is 0.857. The maximum Gasteiger partial charge on any atom is 0.178 e. The number of hydrogen-bond acceptors (Lipinski definition) is 6. The van der Waals surface area contributed by atoms with Gasteiger partial charge >= 0.3 is 0 Å². The van der Waals surface area contributed by atoms with Gasteiger partial charge in [-0.25, -0.2) is 18.4 Å². The fraction of sp³-hybridized carbons (Fsp3) is 0.412. The van der Waals surface area contributed by atoms with Crippen LogP contribution in [0.1, 0.15) is 30.3 Å². The van der Waals surface area contributed by atoms with Crippen molar-refractivity contribution in [1.29, 1.82) is 0 Å². The van der Waals surface area contributed by atoms with E-state index in [-0.39, 0.29) is 17.4 Å². The average Bonchev–Trinajstić information content (AvgIpc) is 2.61. The smallest absolute Gasteiger partial charge is 0.178 e. The zero-order valence-electron chi connectivity index (χ0n) is 13.9. The van der Waals surface area contributed by atoms with Crippen LogP contribution in [0.2, 0.25) is 5.02 Å². The molecule has 25 heavy (non-hydrogen) atoms. The molecule has 1 saturated heterocycles. The van der Waals surface area contributed by atoms with Crippen molar-refractivity contribution in [3.63, 3.8) is 0 Å². The van der Waals surface area contributed by atoms with E-state index in [0.29, 0.717) is 22.3 Å². The molecule has 0 aliphatic carbocycles. The molecule has 2 heterocycles. The maximum absolute atomic E-state index is 12.1. The Bertz CT molecular complexity index is 835. The molecule has 1 fully saturated rings. The lowest BCUT2D eigenvalue weighted by Crippen LogP contribution is -2.30. The van der Waals surface area contributed by atoms with Gasteiger partial charge in [0.2, 0.25) is 0 Å². The number of ether oxygens (including phenoxy) is 1. The van der Waals surface area contributed by atoms with Crippen LogP contribution >= 0.6 is 11.6 Å². The van der Waals surface area contributed by atoms with Crippen molar-refractivity contribution in [3.8, 4) is 5.75 Å². The van der Waals surface area contributed by atoms with Crippen molar-refractivity contribution in [1.82, 2.24) is 15.3 Å². The minimum atomic E-state index is -3.38. The minimum absolute atomic E-state index is 0.0655. The first-order valence-corrected chi connectivity index (χ1v) is 10.4. The van der Waals surface area contributed by atoms with Gasteiger partial charge in [0, 0.05) is 29.9 Å². The first kappa shape index (κ1) is 18.1. The highest BCUT2D eigenvalue weighted by atomic mass is 35.5. The van der Waals surface area contributed by atoms with E-state index < -0.39 is 9.84 Å². The molecule has 8 heteroatoms. The largest absolute Gasteiger partial charge is 0.486 e. The van der Waals surface area contributed by atoms with Gasteiger partial charge in [-0.15, -0.1) is 0 Å². The molecule has 134 valence electrons. The van der Waals surface area contributed by atoms with Crippen LogP contribution in [0.3, 0.4) is 0 Å². The van der Waals surface area contributed by atoms with Gasteiger partial charge in [0.05, 0.1) is 5.69 Å². The second kappa shape index (κ2) is 7.68. The number of nitrogens with one attached hydrogen (secondary N) is 1. The summed E-state index contributed by atoms with van der Waals surface area (Å²) < 4.78 is 29.8. The lowest BCUT2D eigenvalue weighted by Gasteiger charge is -2.24. The lowest BCUT2D eigenvalue weighted by atomic mass is 9.96. The first-order chi connectivity index (χ1) is 11.9. The van der Waals surface area contributed by atoms with Crippen LogP contribution in [0, 0.1) is 0 Å². The summed E-state index contributed by atoms with van der Waals surface area (Å²) in [6.45, 7) is 1.83. The van der Waals surface area contributed by atoms with Crippen LogP contribution in [0.4, 0.5) is 0 Å². The molecule has 1 aliphatic rings. The molecule has 0 saturated carbocycles. The number of rotatable bonds is 5. The molecule has 0 amide bonds. The Kier molecular flexibility index (Phi) is 5.56. The minimum Gasteiger partial charge on any atom is -0.486 e. The van der Waals surface area contributed by atoms with Crippen LogP contribution in [-0.4, -0.2) is 37.7 Å². The lowest BCUT2D eigenvalue weighted by molar-refractivity contribution is 0.294. The third-order valence-electron chi connectivity index (χ3n) is 4.10. The molecular weight excluding hydrogens is 362 g/mol. The molecule has 0 unspecified atom stereocenters. The van der Waals surface area contributed by atoms with E-state index in [4.69, 9.17) is 16.3 Å². The molecule has 0 bridgehead atoms. The summed E-state index contributed by atoms with van der Waals surface area (Å²) in [6.07, 6.45) is 4.49. The Balaban J connectivity index is 1.84. The molecule has 1 aromatic carbocycles. The van der Waals surface area contributed by atoms with Gasteiger partial charge < -0.3 is 10.1 Å². The van der Waals surface area contributed by atoms with Crippen molar-refractivity contribution in [3.05, 3.63) is 47.0 Å². The van der Waals surface area contributed by atoms with Crippen LogP contribution < -0.4 is 10.1 Å². The fourth-order valence-corrected chi connectivity index (χ4v) is 3.80. The van der Waals surface area contributed by atoms with E-state index in [0.717, 1.165) is 25.9 Å². The van der Waals surface area contributed by atoms with E-state index in [1.165, 1.54) is 12.5 Å². The van der Waals surface area contributed by atoms with Gasteiger partial charge in [0.25, 0.3) is 0 Å². The molecular formula is C17H20ClN3O3S. The van der Waals surface area contributed by atoms with Gasteiger partial charge in [-0.2, -0.15) is 0 Å². The summed E-state index contributed by atoms with van der Waals surface area (Å²) in [7, 11) is -3.38. The predicted molar refractivity (Wildman–Crippen MR) is 95.8 cm³/mol. The highest BCUT2D eigenvalue weighted by Gasteiger charge is 2.25. The number of aromatic nitrogens is 2. The van der Waals surface area contributed by atoms with Crippen molar-refractivity contribution >= 4 is 21.4 Å². The Labute approximate surface area is 152 Å². The second-order valence-corrected chi connectivity index (χ2v) is 8.51. The van der Waals surface area contributed by atoms with E-state index in [1.54, 1.807) is 24.3 Å². The van der Waals surface area contributed by atoms with E-state index in [9.17, 15) is 8.42 Å². The third-order valence-corrected chi connectivity index (χ3v) is 5.46. The Morgan fingerprint density at radius 1 is 1.32 bits per heavy atom. The van der Waals surface area contributed by atoms with Gasteiger partial charge in [0.15, 0.2) is 15.7 Å². The molecule has 1 atom stereocenters. The summed E-state index contributed by atoms with van der Waals surface area (Å²) >= 11 is 5.85. The SMILES string of the molecule is CS(=O)(=O)c1cnc(COc2ccc(Cl)cc2)nc1[C@H]1CCCNC1. The average molecular weight is 382 g/mol. The Morgan fingerprint density at radius 3 is 2.72 bits per heavy atom. The molecule has 1 aromatic heterocycles. The number of piperidine rings is 1. The number of benzene rings is 1. The highest BCUT2D eigenvalue weighted by Crippen LogP contribution is 2.27. The summed E-state index contributed by atoms with van der Waals surface area (Å²) in [5.74, 6) is 1.18. The van der Waals surface area contributed by atoms with Crippen molar-refractivity contribution < 1.29 is 13.2 Å². The first-order valence-electron chi connectivity index (χ1n) is 8.08. The van der Waals surface area contributed by atoms with Crippen LogP contribution in [0.25, 0.3) is 0 Å². The summed E-state index contributed by atoms with van der Waals surface area (Å²) in [5.41, 5.74) is 0.583. The third kappa shape index (κ3) is 4.68. The van der Waals surface area contributed by atoms with Crippen LogP contribution in [-0.2, 0) is 16.4 Å². The summed E-state index contributed by atoms with van der Waals surface area (Å²) in [4.78, 5) is 8.89. The summed E-state index contributed by atoms with van der Waals surface area (Å²) in [6, 6.07) is 7.01. The number of nitrogens with zero attached hydrogens (tertiary/aromatic N) is 2. The van der Waals surface area contributed by atoms with E-state index >= 15 is 0 Å². The van der Waals surface area contributed by atoms with Gasteiger partial charge in [-0.05, 0) is 43.7 Å². The number of sulfone groups is 1. The number of halogens is 1. The molecule has 1 aliphatic heterocycles. The Morgan fingerprint density at radius 2 is 2.08 bits per heavy atom. The zero-order chi connectivity index (χ0) is 17.9. The topological polar surface area (TPSA) is 81.2 Å². The fourth-order valence-electron chi connectivity index (χ4n) is 2.83. The highest BCUT2D eigenvalue weighted by molar-refractivity contribution is 7.90. The van der Waals surface area contributed by atoms with E-state index in [2.05, 4.69) is 15.3 Å². The molecule has 0 radical (unpaired) electrons. The van der Waals surface area contributed by atoms with Crippen molar-refractivity contribution in [2.75, 3.05) is 19.3 Å². The zero-order valence-corrected chi connectivity index (χ0v) is 15.5. The molecule has 0 spiro atoms. The van der Waals surface area contributed by atoms with Crippen LogP contribution in [0.15, 0.2) is 35.4 Å². The molecule has 2 aromatic rings. The maximum atomic E-state index is 12.1. The Hall–Kier alpha value is -1.70. The molecule has 6 nitrogen and oxygen atoms in total. The number of hydrogen-bond donors (Lipinski definition) is 1. The monoisotopic (exact) mass is 381 g/mol. The van der Waals surface area contributed by atoms with Gasteiger partial charge in [0.1, 0.15) is 17.3 Å². The van der Waals surface area contributed by atoms with Crippen LogP contribution in [0.5, 0.6) is 5.75 Å². The van der Waals surface area contributed by atoms with E-state index in [1.807, 2.05) is 0 Å². The second-order valence-electron chi connectivity index (χ2n) is 6.09. The van der Waals surface area contributed by atoms with Gasteiger partial charge in [-0.1, -0.05) is 11.6 Å². The molecule has 3 rings (SSSR count). The van der Waals surface area contributed by atoms with Gasteiger partial charge in [-0.3, -0.25) is 0 Å². The standard InChI is InChI=1S/C17H20ClN3O3S/c1-25(22,23)15-10-20-16(11-24-14-6-4-13(18)5-7-14)21-17(15)12-3-2-8-19-9-12/h4-7,10,12,19H,2-3,8-9,11H2,1H3/t12-/m0/s1. The molecule has 1 N–H and O–H groups in total. The predicted octanol–water partition coefficient (Wildman–Crippen LogP) is 2.58. The van der Waals surface area contributed by atoms with Crippen molar-refractivity contribution in [2.45, 2.75) is 30.3 Å². The normalized spacial score (nSPS) is 18.1.